The lowest BCUT2D eigenvalue weighted by molar-refractivity contribution is -0.137. The van der Waals surface area contributed by atoms with Crippen LogP contribution in [-0.2, 0) is 15.7 Å². The normalized spacial score (nSPS) is 12.2. The van der Waals surface area contributed by atoms with Gasteiger partial charge in [0.15, 0.2) is 0 Å². The molecule has 0 saturated carbocycles. The Morgan fingerprint density at radius 3 is 2.25 bits per heavy atom. The number of rotatable bonds is 5. The lowest BCUT2D eigenvalue weighted by Gasteiger charge is -2.20. The second kappa shape index (κ2) is 9.35. The van der Waals surface area contributed by atoms with E-state index in [-0.39, 0.29) is 10.6 Å². The van der Waals surface area contributed by atoms with Gasteiger partial charge in [-0.1, -0.05) is 41.9 Å². The summed E-state index contributed by atoms with van der Waals surface area (Å²) < 4.78 is 72.2. The smallest absolute Gasteiger partial charge is 0.418 e. The molecule has 10 heteroatoms. The third kappa shape index (κ3) is 5.42. The zero-order chi connectivity index (χ0) is 23.5. The molecule has 32 heavy (non-hydrogen) atoms. The summed E-state index contributed by atoms with van der Waals surface area (Å²) >= 11 is 5.64. The maximum Gasteiger partial charge on any atom is 0.418 e. The zero-order valence-corrected chi connectivity index (χ0v) is 16.7. The van der Waals surface area contributed by atoms with E-state index in [0.717, 1.165) is 24.3 Å². The van der Waals surface area contributed by atoms with Crippen molar-refractivity contribution < 1.29 is 36.3 Å². The number of amides is 1. The van der Waals surface area contributed by atoms with Crippen molar-refractivity contribution in [2.24, 2.45) is 0 Å². The van der Waals surface area contributed by atoms with Crippen molar-refractivity contribution in [3.63, 3.8) is 0 Å². The molecule has 3 aromatic carbocycles. The van der Waals surface area contributed by atoms with Crippen LogP contribution < -0.4 is 5.32 Å². The van der Waals surface area contributed by atoms with Crippen molar-refractivity contribution in [3.05, 3.63) is 100 Å². The van der Waals surface area contributed by atoms with E-state index >= 15 is 0 Å². The first-order valence-electron chi connectivity index (χ1n) is 8.95. The minimum atomic E-state index is -4.83. The fraction of sp³-hybridized carbons (Fsp3) is 0.0909. The summed E-state index contributed by atoms with van der Waals surface area (Å²) in [6, 6.07) is 12.2. The molecule has 1 N–H and O–H groups in total. The molecular weight excluding hydrogens is 457 g/mol. The Bertz CT molecular complexity index is 1150. The van der Waals surface area contributed by atoms with Gasteiger partial charge in [-0.25, -0.2) is 13.6 Å². The summed E-state index contributed by atoms with van der Waals surface area (Å²) in [4.78, 5) is 25.3. The van der Waals surface area contributed by atoms with E-state index in [9.17, 15) is 31.5 Å². The molecule has 0 saturated heterocycles. The van der Waals surface area contributed by atoms with Crippen LogP contribution in [0.2, 0.25) is 5.02 Å². The van der Waals surface area contributed by atoms with Gasteiger partial charge in [0, 0.05) is 16.7 Å². The molecule has 0 radical (unpaired) electrons. The van der Waals surface area contributed by atoms with Crippen LogP contribution in [0.15, 0.2) is 66.7 Å². The van der Waals surface area contributed by atoms with Gasteiger partial charge < -0.3 is 10.1 Å². The van der Waals surface area contributed by atoms with Crippen LogP contribution in [0, 0.1) is 11.6 Å². The largest absolute Gasteiger partial charge is 0.444 e. The molecule has 0 heterocycles. The molecule has 0 bridgehead atoms. The molecule has 3 rings (SSSR count). The first-order chi connectivity index (χ1) is 15.1. The molecule has 0 aliphatic rings. The summed E-state index contributed by atoms with van der Waals surface area (Å²) in [5.74, 6) is -4.59. The van der Waals surface area contributed by atoms with Crippen LogP contribution in [0.5, 0.6) is 0 Å². The van der Waals surface area contributed by atoms with Gasteiger partial charge in [0.25, 0.3) is 5.91 Å². The lowest BCUT2D eigenvalue weighted by atomic mass is 10.1. The van der Waals surface area contributed by atoms with Crippen LogP contribution in [0.1, 0.15) is 27.6 Å². The van der Waals surface area contributed by atoms with Crippen LogP contribution in [0.3, 0.4) is 0 Å². The fourth-order valence-corrected chi connectivity index (χ4v) is 2.96. The predicted octanol–water partition coefficient (Wildman–Crippen LogP) is 6.17. The monoisotopic (exact) mass is 469 g/mol. The van der Waals surface area contributed by atoms with Crippen molar-refractivity contribution in [3.8, 4) is 0 Å². The first kappa shape index (κ1) is 23.2. The molecule has 1 atom stereocenters. The maximum absolute atomic E-state index is 13.9. The Hall–Kier alpha value is -3.46. The van der Waals surface area contributed by atoms with Gasteiger partial charge in [0.2, 0.25) is 6.10 Å². The second-order valence-electron chi connectivity index (χ2n) is 6.50. The van der Waals surface area contributed by atoms with Crippen molar-refractivity contribution in [2.45, 2.75) is 12.3 Å². The summed E-state index contributed by atoms with van der Waals surface area (Å²) in [7, 11) is 0. The SMILES string of the molecule is O=C(O[C@H](C(=O)Nc1ccc(Cl)cc1C(F)(F)F)c1ccccc1)c1ccc(F)cc1F. The predicted molar refractivity (Wildman–Crippen MR) is 106 cm³/mol. The summed E-state index contributed by atoms with van der Waals surface area (Å²) in [6.45, 7) is 0. The van der Waals surface area contributed by atoms with E-state index in [2.05, 4.69) is 5.32 Å². The number of halogens is 6. The first-order valence-corrected chi connectivity index (χ1v) is 9.32. The zero-order valence-electron chi connectivity index (χ0n) is 15.9. The quantitative estimate of drug-likeness (QED) is 0.359. The van der Waals surface area contributed by atoms with Crippen LogP contribution in [0.4, 0.5) is 27.6 Å². The topological polar surface area (TPSA) is 55.4 Å². The Balaban J connectivity index is 1.94. The Kier molecular flexibility index (Phi) is 6.78. The van der Waals surface area contributed by atoms with Gasteiger partial charge in [-0.3, -0.25) is 4.79 Å². The van der Waals surface area contributed by atoms with E-state index in [1.807, 2.05) is 0 Å². The molecule has 0 spiro atoms. The third-order valence-corrected chi connectivity index (χ3v) is 4.50. The number of carbonyl (C=O) groups is 2. The number of hydrogen-bond acceptors (Lipinski definition) is 3. The van der Waals surface area contributed by atoms with Gasteiger partial charge in [0.1, 0.15) is 11.6 Å². The standard InChI is InChI=1S/C22H13ClF5NO3/c23-13-6-9-18(16(10-13)22(26,27)28)29-20(30)19(12-4-2-1-3-5-12)32-21(31)15-8-7-14(24)11-17(15)25/h1-11,19H,(H,29,30)/t19-/m0/s1. The highest BCUT2D eigenvalue weighted by molar-refractivity contribution is 6.30. The number of ether oxygens (including phenoxy) is 1. The number of alkyl halides is 3. The summed E-state index contributed by atoms with van der Waals surface area (Å²) in [5, 5.41) is 1.87. The van der Waals surface area contributed by atoms with Crippen molar-refractivity contribution in [1.82, 2.24) is 0 Å². The molecule has 3 aromatic rings. The number of anilines is 1. The van der Waals surface area contributed by atoms with Crippen molar-refractivity contribution in [1.29, 1.82) is 0 Å². The minimum Gasteiger partial charge on any atom is -0.444 e. The molecule has 0 aliphatic heterocycles. The third-order valence-electron chi connectivity index (χ3n) is 4.26. The van der Waals surface area contributed by atoms with Crippen molar-refractivity contribution in [2.75, 3.05) is 5.32 Å². The van der Waals surface area contributed by atoms with Gasteiger partial charge in [-0.05, 0) is 30.3 Å². The molecular formula is C22H13ClF5NO3. The second-order valence-corrected chi connectivity index (χ2v) is 6.93. The number of hydrogen-bond donors (Lipinski definition) is 1. The molecule has 0 fully saturated rings. The van der Waals surface area contributed by atoms with E-state index in [1.54, 1.807) is 6.07 Å². The Morgan fingerprint density at radius 2 is 1.62 bits per heavy atom. The Morgan fingerprint density at radius 1 is 0.938 bits per heavy atom. The molecule has 1 amide bonds. The minimum absolute atomic E-state index is 0.114. The number of benzene rings is 3. The maximum atomic E-state index is 13.9. The van der Waals surface area contributed by atoms with Gasteiger partial charge >= 0.3 is 12.1 Å². The number of nitrogens with one attached hydrogen (secondary N) is 1. The highest BCUT2D eigenvalue weighted by Crippen LogP contribution is 2.37. The Labute approximate surface area is 183 Å². The van der Waals surface area contributed by atoms with E-state index in [1.165, 1.54) is 24.3 Å². The van der Waals surface area contributed by atoms with E-state index in [0.29, 0.717) is 12.1 Å². The van der Waals surface area contributed by atoms with Gasteiger partial charge in [0.05, 0.1) is 16.8 Å². The van der Waals surface area contributed by atoms with Crippen LogP contribution >= 0.6 is 11.6 Å². The fourth-order valence-electron chi connectivity index (χ4n) is 2.78. The lowest BCUT2D eigenvalue weighted by Crippen LogP contribution is -2.27. The highest BCUT2D eigenvalue weighted by atomic mass is 35.5. The van der Waals surface area contributed by atoms with E-state index in [4.69, 9.17) is 16.3 Å². The van der Waals surface area contributed by atoms with Crippen LogP contribution in [-0.4, -0.2) is 11.9 Å². The van der Waals surface area contributed by atoms with Gasteiger partial charge in [-0.15, -0.1) is 0 Å². The van der Waals surface area contributed by atoms with Crippen LogP contribution in [0.25, 0.3) is 0 Å². The molecule has 4 nitrogen and oxygen atoms in total. The molecule has 0 unspecified atom stereocenters. The molecule has 166 valence electrons. The average molecular weight is 470 g/mol. The summed E-state index contributed by atoms with van der Waals surface area (Å²) in [5.41, 5.74) is -2.36. The van der Waals surface area contributed by atoms with Crippen molar-refractivity contribution >= 4 is 29.2 Å². The summed E-state index contributed by atoms with van der Waals surface area (Å²) in [6.07, 6.45) is -6.56. The molecule has 0 aromatic heterocycles. The molecule has 0 aliphatic carbocycles. The van der Waals surface area contributed by atoms with Gasteiger partial charge in [-0.2, -0.15) is 13.2 Å². The highest BCUT2D eigenvalue weighted by Gasteiger charge is 2.35. The average Bonchev–Trinajstić information content (AvgIpc) is 2.73. The number of esters is 1. The number of carbonyl (C=O) groups excluding carboxylic acids is 2. The van der Waals surface area contributed by atoms with E-state index < -0.39 is 52.6 Å².